The van der Waals surface area contributed by atoms with Crippen molar-refractivity contribution in [3.05, 3.63) is 30.2 Å². The SMILES string of the molecule is COCCCn1cnnc1CNc1nccnc1C#N. The lowest BCUT2D eigenvalue weighted by molar-refractivity contribution is 0.190. The van der Waals surface area contributed by atoms with E-state index in [9.17, 15) is 0 Å². The fourth-order valence-electron chi connectivity index (χ4n) is 1.69. The number of nitrogens with one attached hydrogen (secondary N) is 1. The van der Waals surface area contributed by atoms with Crippen LogP contribution in [-0.2, 0) is 17.8 Å². The van der Waals surface area contributed by atoms with Crippen LogP contribution in [0.25, 0.3) is 0 Å². The van der Waals surface area contributed by atoms with Crippen LogP contribution in [0.4, 0.5) is 5.82 Å². The van der Waals surface area contributed by atoms with E-state index in [0.717, 1.165) is 18.8 Å². The normalized spacial score (nSPS) is 10.2. The van der Waals surface area contributed by atoms with Crippen LogP contribution in [0.2, 0.25) is 0 Å². The number of anilines is 1. The monoisotopic (exact) mass is 273 g/mol. The highest BCUT2D eigenvalue weighted by Crippen LogP contribution is 2.08. The van der Waals surface area contributed by atoms with Crippen LogP contribution in [0.15, 0.2) is 18.7 Å². The third-order valence-electron chi connectivity index (χ3n) is 2.66. The molecule has 0 atom stereocenters. The van der Waals surface area contributed by atoms with E-state index in [-0.39, 0.29) is 5.69 Å². The molecule has 0 saturated carbocycles. The van der Waals surface area contributed by atoms with E-state index in [4.69, 9.17) is 10.00 Å². The second-order valence-electron chi connectivity index (χ2n) is 4.01. The molecule has 2 rings (SSSR count). The van der Waals surface area contributed by atoms with Gasteiger partial charge in [-0.25, -0.2) is 9.97 Å². The van der Waals surface area contributed by atoms with Gasteiger partial charge in [0.15, 0.2) is 17.3 Å². The van der Waals surface area contributed by atoms with E-state index in [0.29, 0.717) is 19.0 Å². The molecule has 0 aliphatic carbocycles. The third-order valence-corrected chi connectivity index (χ3v) is 2.66. The number of ether oxygens (including phenoxy) is 1. The lowest BCUT2D eigenvalue weighted by Gasteiger charge is -2.08. The van der Waals surface area contributed by atoms with E-state index < -0.39 is 0 Å². The zero-order valence-electron chi connectivity index (χ0n) is 11.2. The molecular weight excluding hydrogens is 258 g/mol. The van der Waals surface area contributed by atoms with Crippen molar-refractivity contribution in [3.8, 4) is 6.07 Å². The summed E-state index contributed by atoms with van der Waals surface area (Å²) in [5.41, 5.74) is 0.262. The maximum absolute atomic E-state index is 8.93. The summed E-state index contributed by atoms with van der Waals surface area (Å²) in [6.45, 7) is 1.90. The molecular formula is C12H15N7O. The fourth-order valence-corrected chi connectivity index (χ4v) is 1.69. The van der Waals surface area contributed by atoms with Crippen molar-refractivity contribution in [1.82, 2.24) is 24.7 Å². The van der Waals surface area contributed by atoms with Crippen molar-refractivity contribution in [2.24, 2.45) is 0 Å². The van der Waals surface area contributed by atoms with Gasteiger partial charge in [0.25, 0.3) is 0 Å². The summed E-state index contributed by atoms with van der Waals surface area (Å²) in [6.07, 6.45) is 5.58. The molecule has 20 heavy (non-hydrogen) atoms. The Balaban J connectivity index is 1.97. The van der Waals surface area contributed by atoms with Gasteiger partial charge in [-0.3, -0.25) is 0 Å². The number of aryl methyl sites for hydroxylation is 1. The number of methoxy groups -OCH3 is 1. The quantitative estimate of drug-likeness (QED) is 0.736. The Labute approximate surface area is 116 Å². The molecule has 0 aromatic carbocycles. The van der Waals surface area contributed by atoms with Crippen LogP contribution in [0.3, 0.4) is 0 Å². The first-order valence-corrected chi connectivity index (χ1v) is 6.15. The summed E-state index contributed by atoms with van der Waals surface area (Å²) >= 11 is 0. The zero-order valence-corrected chi connectivity index (χ0v) is 11.2. The molecule has 0 unspecified atom stereocenters. The van der Waals surface area contributed by atoms with Crippen molar-refractivity contribution in [1.29, 1.82) is 5.26 Å². The van der Waals surface area contributed by atoms with E-state index in [1.807, 2.05) is 10.6 Å². The van der Waals surface area contributed by atoms with Gasteiger partial charge in [0.05, 0.1) is 6.54 Å². The predicted molar refractivity (Wildman–Crippen MR) is 70.6 cm³/mol. The van der Waals surface area contributed by atoms with E-state index >= 15 is 0 Å². The van der Waals surface area contributed by atoms with Gasteiger partial charge in [0.2, 0.25) is 0 Å². The largest absolute Gasteiger partial charge is 0.385 e. The highest BCUT2D eigenvalue weighted by molar-refractivity contribution is 5.46. The molecule has 8 heteroatoms. The summed E-state index contributed by atoms with van der Waals surface area (Å²) in [6, 6.07) is 1.99. The highest BCUT2D eigenvalue weighted by atomic mass is 16.5. The van der Waals surface area contributed by atoms with Crippen molar-refractivity contribution in [2.45, 2.75) is 19.5 Å². The number of hydrogen-bond donors (Lipinski definition) is 1. The first-order chi connectivity index (χ1) is 9.85. The first kappa shape index (κ1) is 13.9. The molecule has 0 fully saturated rings. The number of aromatic nitrogens is 5. The fraction of sp³-hybridized carbons (Fsp3) is 0.417. The Morgan fingerprint density at radius 2 is 2.25 bits per heavy atom. The van der Waals surface area contributed by atoms with Crippen LogP contribution < -0.4 is 5.32 Å². The van der Waals surface area contributed by atoms with Crippen molar-refractivity contribution < 1.29 is 4.74 Å². The number of nitrogens with zero attached hydrogens (tertiary/aromatic N) is 6. The molecule has 2 aromatic rings. The van der Waals surface area contributed by atoms with Crippen LogP contribution in [0.5, 0.6) is 0 Å². The summed E-state index contributed by atoms with van der Waals surface area (Å²) in [5.74, 6) is 1.22. The molecule has 0 bridgehead atoms. The smallest absolute Gasteiger partial charge is 0.182 e. The molecule has 0 aliphatic heterocycles. The standard InChI is InChI=1S/C12H15N7O/c1-20-6-2-5-19-9-17-18-11(19)8-16-12-10(7-13)14-3-4-15-12/h3-4,9H,2,5-6,8H2,1H3,(H,15,16). The summed E-state index contributed by atoms with van der Waals surface area (Å²) < 4.78 is 6.95. The number of hydrogen-bond acceptors (Lipinski definition) is 7. The van der Waals surface area contributed by atoms with Gasteiger partial charge >= 0.3 is 0 Å². The summed E-state index contributed by atoms with van der Waals surface area (Å²) in [7, 11) is 1.67. The first-order valence-electron chi connectivity index (χ1n) is 6.15. The van der Waals surface area contributed by atoms with Crippen LogP contribution in [-0.4, -0.2) is 38.4 Å². The Morgan fingerprint density at radius 1 is 1.40 bits per heavy atom. The molecule has 1 N–H and O–H groups in total. The van der Waals surface area contributed by atoms with Crippen LogP contribution in [0.1, 0.15) is 17.9 Å². The zero-order chi connectivity index (χ0) is 14.2. The van der Waals surface area contributed by atoms with Gasteiger partial charge < -0.3 is 14.6 Å². The minimum absolute atomic E-state index is 0.262. The summed E-state index contributed by atoms with van der Waals surface area (Å²) in [5, 5.41) is 19.9. The molecule has 0 spiro atoms. The van der Waals surface area contributed by atoms with E-state index in [1.54, 1.807) is 13.4 Å². The Kier molecular flexibility index (Phi) is 4.97. The molecule has 0 amide bonds. The maximum Gasteiger partial charge on any atom is 0.182 e. The second kappa shape index (κ2) is 7.16. The van der Waals surface area contributed by atoms with Gasteiger partial charge in [0.1, 0.15) is 12.4 Å². The van der Waals surface area contributed by atoms with Gasteiger partial charge in [-0.15, -0.1) is 10.2 Å². The Bertz CT molecular complexity index is 589. The number of rotatable bonds is 7. The van der Waals surface area contributed by atoms with E-state index in [1.165, 1.54) is 12.4 Å². The maximum atomic E-state index is 8.93. The van der Waals surface area contributed by atoms with Gasteiger partial charge in [-0.05, 0) is 6.42 Å². The molecule has 104 valence electrons. The average Bonchev–Trinajstić information content (AvgIpc) is 2.93. The molecule has 0 aliphatic rings. The Hall–Kier alpha value is -2.53. The van der Waals surface area contributed by atoms with Crippen LogP contribution >= 0.6 is 0 Å². The molecule has 8 nitrogen and oxygen atoms in total. The summed E-state index contributed by atoms with van der Waals surface area (Å²) in [4.78, 5) is 8.02. The van der Waals surface area contributed by atoms with Crippen molar-refractivity contribution >= 4 is 5.82 Å². The predicted octanol–water partition coefficient (Wildman–Crippen LogP) is 0.588. The van der Waals surface area contributed by atoms with Gasteiger partial charge in [-0.2, -0.15) is 5.26 Å². The molecule has 0 radical (unpaired) electrons. The van der Waals surface area contributed by atoms with Crippen molar-refractivity contribution in [2.75, 3.05) is 19.0 Å². The number of nitriles is 1. The van der Waals surface area contributed by atoms with Crippen molar-refractivity contribution in [3.63, 3.8) is 0 Å². The van der Waals surface area contributed by atoms with E-state index in [2.05, 4.69) is 25.5 Å². The molecule has 0 saturated heterocycles. The van der Waals surface area contributed by atoms with Gasteiger partial charge in [-0.1, -0.05) is 0 Å². The lowest BCUT2D eigenvalue weighted by Crippen LogP contribution is -2.11. The highest BCUT2D eigenvalue weighted by Gasteiger charge is 2.07. The third kappa shape index (κ3) is 3.49. The average molecular weight is 273 g/mol. The second-order valence-corrected chi connectivity index (χ2v) is 4.01. The minimum atomic E-state index is 0.262. The lowest BCUT2D eigenvalue weighted by atomic mass is 10.4. The molecule has 2 heterocycles. The van der Waals surface area contributed by atoms with Crippen LogP contribution in [0, 0.1) is 11.3 Å². The Morgan fingerprint density at radius 3 is 3.05 bits per heavy atom. The minimum Gasteiger partial charge on any atom is -0.385 e. The molecule has 2 aromatic heterocycles. The topological polar surface area (TPSA) is 102 Å². The van der Waals surface area contributed by atoms with Gasteiger partial charge in [0, 0.05) is 32.7 Å².